The highest BCUT2D eigenvalue weighted by molar-refractivity contribution is 7.89. The first-order chi connectivity index (χ1) is 9.99. The summed E-state index contributed by atoms with van der Waals surface area (Å²) in [7, 11) is -3.94. The smallest absolute Gasteiger partial charge is 0.330 e. The Kier molecular flexibility index (Phi) is 5.79. The highest BCUT2D eigenvalue weighted by atomic mass is 35.5. The van der Waals surface area contributed by atoms with Gasteiger partial charge in [0.25, 0.3) is 0 Å². The maximum Gasteiger partial charge on any atom is 0.416 e. The van der Waals surface area contributed by atoms with Crippen LogP contribution in [0.3, 0.4) is 0 Å². The summed E-state index contributed by atoms with van der Waals surface area (Å²) in [5, 5.41) is 0. The minimum atomic E-state index is -4.58. The van der Waals surface area contributed by atoms with Gasteiger partial charge in [0.2, 0.25) is 10.0 Å². The van der Waals surface area contributed by atoms with E-state index in [2.05, 4.69) is 0 Å². The van der Waals surface area contributed by atoms with Crippen molar-refractivity contribution >= 4 is 22.4 Å². The molecule has 23 heavy (non-hydrogen) atoms. The van der Waals surface area contributed by atoms with E-state index in [9.17, 15) is 21.6 Å². The van der Waals surface area contributed by atoms with E-state index in [0.717, 1.165) is 0 Å². The van der Waals surface area contributed by atoms with Crippen LogP contribution in [0.1, 0.15) is 24.5 Å². The van der Waals surface area contributed by atoms with E-state index in [1.807, 2.05) is 6.92 Å². The number of sulfonamides is 1. The zero-order chi connectivity index (χ0) is 16.8. The fourth-order valence-electron chi connectivity index (χ4n) is 2.57. The first kappa shape index (κ1) is 20.2. The van der Waals surface area contributed by atoms with Crippen molar-refractivity contribution in [2.75, 3.05) is 19.6 Å². The van der Waals surface area contributed by atoms with Crippen molar-refractivity contribution in [3.05, 3.63) is 29.3 Å². The van der Waals surface area contributed by atoms with Gasteiger partial charge in [-0.25, -0.2) is 8.42 Å². The van der Waals surface area contributed by atoms with Crippen molar-refractivity contribution in [1.82, 2.24) is 4.31 Å². The molecular weight excluding hydrogens is 353 g/mol. The molecule has 1 saturated heterocycles. The summed E-state index contributed by atoms with van der Waals surface area (Å²) in [6, 6.07) is 3.12. The lowest BCUT2D eigenvalue weighted by Crippen LogP contribution is -2.34. The van der Waals surface area contributed by atoms with E-state index in [-0.39, 0.29) is 41.4 Å². The molecule has 1 aliphatic heterocycles. The number of hydrogen-bond acceptors (Lipinski definition) is 3. The number of benzene rings is 1. The molecule has 0 amide bonds. The van der Waals surface area contributed by atoms with E-state index in [4.69, 9.17) is 5.73 Å². The molecule has 132 valence electrons. The zero-order valence-corrected chi connectivity index (χ0v) is 14.5. The molecule has 0 saturated carbocycles. The summed E-state index contributed by atoms with van der Waals surface area (Å²) in [5.41, 5.74) is 4.39. The van der Waals surface area contributed by atoms with Gasteiger partial charge in [-0.15, -0.1) is 12.4 Å². The second-order valence-corrected chi connectivity index (χ2v) is 8.02. The van der Waals surface area contributed by atoms with E-state index in [1.54, 1.807) is 0 Å². The van der Waals surface area contributed by atoms with Crippen molar-refractivity contribution in [3.63, 3.8) is 0 Å². The topological polar surface area (TPSA) is 63.4 Å². The summed E-state index contributed by atoms with van der Waals surface area (Å²) in [6.07, 6.45) is -3.98. The second-order valence-electron chi connectivity index (χ2n) is 6.08. The van der Waals surface area contributed by atoms with Gasteiger partial charge < -0.3 is 5.73 Å². The maximum absolute atomic E-state index is 12.9. The largest absolute Gasteiger partial charge is 0.416 e. The second kappa shape index (κ2) is 6.58. The number of aryl methyl sites for hydroxylation is 1. The fourth-order valence-corrected chi connectivity index (χ4v) is 4.18. The summed E-state index contributed by atoms with van der Waals surface area (Å²) < 4.78 is 65.1. The molecule has 0 spiro atoms. The lowest BCUT2D eigenvalue weighted by atomic mass is 9.90. The molecule has 1 aromatic rings. The third-order valence-corrected chi connectivity index (χ3v) is 6.01. The Balaban J connectivity index is 0.00000264. The number of nitrogens with two attached hydrogens (primary N) is 1. The first-order valence-electron chi connectivity index (χ1n) is 6.88. The monoisotopic (exact) mass is 372 g/mol. The van der Waals surface area contributed by atoms with Crippen LogP contribution in [0.4, 0.5) is 13.2 Å². The Morgan fingerprint density at radius 2 is 1.96 bits per heavy atom. The Bertz CT molecular complexity index is 679. The van der Waals surface area contributed by atoms with Gasteiger partial charge in [0.15, 0.2) is 0 Å². The first-order valence-corrected chi connectivity index (χ1v) is 8.32. The van der Waals surface area contributed by atoms with E-state index < -0.39 is 21.8 Å². The van der Waals surface area contributed by atoms with Crippen LogP contribution in [0.25, 0.3) is 0 Å². The van der Waals surface area contributed by atoms with Crippen LogP contribution in [0.15, 0.2) is 23.1 Å². The number of hydrogen-bond donors (Lipinski definition) is 1. The normalized spacial score (nSPS) is 22.9. The van der Waals surface area contributed by atoms with Crippen molar-refractivity contribution in [3.8, 4) is 0 Å². The van der Waals surface area contributed by atoms with Gasteiger partial charge in [-0.1, -0.05) is 13.0 Å². The molecule has 2 rings (SSSR count). The molecule has 2 N–H and O–H groups in total. The third kappa shape index (κ3) is 3.99. The van der Waals surface area contributed by atoms with Crippen molar-refractivity contribution in [1.29, 1.82) is 0 Å². The van der Waals surface area contributed by atoms with Gasteiger partial charge in [-0.3, -0.25) is 0 Å². The van der Waals surface area contributed by atoms with E-state index >= 15 is 0 Å². The van der Waals surface area contributed by atoms with Crippen LogP contribution in [-0.4, -0.2) is 32.4 Å². The van der Waals surface area contributed by atoms with Crippen LogP contribution < -0.4 is 5.73 Å². The number of rotatable bonds is 3. The summed E-state index contributed by atoms with van der Waals surface area (Å²) in [4.78, 5) is -0.327. The SMILES string of the molecule is Cc1ccc(S(=O)(=O)N2CCC(C)(CN)C2)cc1C(F)(F)F.Cl. The van der Waals surface area contributed by atoms with Gasteiger partial charge in [0.1, 0.15) is 0 Å². The van der Waals surface area contributed by atoms with E-state index in [1.165, 1.54) is 23.4 Å². The molecule has 9 heteroatoms. The van der Waals surface area contributed by atoms with E-state index in [0.29, 0.717) is 19.0 Å². The summed E-state index contributed by atoms with van der Waals surface area (Å²) in [6.45, 7) is 4.01. The molecule has 0 aliphatic carbocycles. The lowest BCUT2D eigenvalue weighted by Gasteiger charge is -2.22. The van der Waals surface area contributed by atoms with Gasteiger partial charge in [-0.05, 0) is 43.0 Å². The van der Waals surface area contributed by atoms with Gasteiger partial charge >= 0.3 is 6.18 Å². The van der Waals surface area contributed by atoms with Crippen molar-refractivity contribution in [2.45, 2.75) is 31.3 Å². The van der Waals surface area contributed by atoms with Gasteiger partial charge in [0.05, 0.1) is 10.5 Å². The molecule has 1 atom stereocenters. The van der Waals surface area contributed by atoms with Crippen LogP contribution in [0.2, 0.25) is 0 Å². The average molecular weight is 373 g/mol. The predicted molar refractivity (Wildman–Crippen MR) is 84.0 cm³/mol. The van der Waals surface area contributed by atoms with Crippen LogP contribution in [-0.2, 0) is 16.2 Å². The molecule has 1 unspecified atom stereocenters. The molecular formula is C14H20ClF3N2O2S. The Morgan fingerprint density at radius 1 is 1.35 bits per heavy atom. The summed E-state index contributed by atoms with van der Waals surface area (Å²) >= 11 is 0. The Hall–Kier alpha value is -0.830. The standard InChI is InChI=1S/C14H19F3N2O2S.ClH/c1-10-3-4-11(7-12(10)14(15,16)17)22(20,21)19-6-5-13(2,8-18)9-19;/h3-4,7H,5-6,8-9,18H2,1-2H3;1H. The third-order valence-electron chi connectivity index (χ3n) is 4.17. The van der Waals surface area contributed by atoms with Crippen molar-refractivity contribution in [2.24, 2.45) is 11.1 Å². The highest BCUT2D eigenvalue weighted by Gasteiger charge is 2.40. The molecule has 0 radical (unpaired) electrons. The van der Waals surface area contributed by atoms with Crippen LogP contribution in [0.5, 0.6) is 0 Å². The summed E-state index contributed by atoms with van der Waals surface area (Å²) in [5.74, 6) is 0. The molecule has 1 heterocycles. The lowest BCUT2D eigenvalue weighted by molar-refractivity contribution is -0.138. The van der Waals surface area contributed by atoms with Gasteiger partial charge in [0, 0.05) is 13.1 Å². The number of alkyl halides is 3. The Morgan fingerprint density at radius 3 is 2.43 bits per heavy atom. The fraction of sp³-hybridized carbons (Fsp3) is 0.571. The molecule has 1 aliphatic rings. The highest BCUT2D eigenvalue weighted by Crippen LogP contribution is 2.36. The molecule has 0 aromatic heterocycles. The number of nitrogens with zero attached hydrogens (tertiary/aromatic N) is 1. The quantitative estimate of drug-likeness (QED) is 0.887. The molecule has 1 fully saturated rings. The van der Waals surface area contributed by atoms with Crippen LogP contribution >= 0.6 is 12.4 Å². The molecule has 1 aromatic carbocycles. The maximum atomic E-state index is 12.9. The molecule has 0 bridgehead atoms. The minimum Gasteiger partial charge on any atom is -0.330 e. The molecule has 4 nitrogen and oxygen atoms in total. The van der Waals surface area contributed by atoms with Crippen LogP contribution in [0, 0.1) is 12.3 Å². The van der Waals surface area contributed by atoms with Crippen molar-refractivity contribution < 1.29 is 21.6 Å². The zero-order valence-electron chi connectivity index (χ0n) is 12.9. The average Bonchev–Trinajstić information content (AvgIpc) is 2.82. The Labute approximate surface area is 140 Å². The van der Waals surface area contributed by atoms with Gasteiger partial charge in [-0.2, -0.15) is 17.5 Å². The predicted octanol–water partition coefficient (Wildman–Crippen LogP) is 2.80. The minimum absolute atomic E-state index is 0. The number of halogens is 4.